The first-order chi connectivity index (χ1) is 12.4. The first-order valence-electron chi connectivity index (χ1n) is 8.54. The van der Waals surface area contributed by atoms with Gasteiger partial charge in [0.1, 0.15) is 11.7 Å². The van der Waals surface area contributed by atoms with Crippen molar-refractivity contribution < 1.29 is 18.4 Å². The zero-order chi connectivity index (χ0) is 18.5. The van der Waals surface area contributed by atoms with Gasteiger partial charge in [-0.3, -0.25) is 15.0 Å². The van der Waals surface area contributed by atoms with Crippen LogP contribution >= 0.6 is 0 Å². The van der Waals surface area contributed by atoms with Crippen molar-refractivity contribution in [2.45, 2.75) is 31.7 Å². The van der Waals surface area contributed by atoms with Gasteiger partial charge in [0.25, 0.3) is 5.92 Å². The van der Waals surface area contributed by atoms with Crippen LogP contribution in [0.4, 0.5) is 19.3 Å². The number of rotatable bonds is 2. The number of pyridine rings is 1. The van der Waals surface area contributed by atoms with E-state index in [0.717, 1.165) is 10.9 Å². The number of aryl methyl sites for hydroxylation is 1. The van der Waals surface area contributed by atoms with Crippen LogP contribution in [-0.2, 0) is 4.79 Å². The number of hydrogen-bond acceptors (Lipinski definition) is 4. The highest BCUT2D eigenvalue weighted by molar-refractivity contribution is 6.06. The Morgan fingerprint density at radius 1 is 1.35 bits per heavy atom. The predicted octanol–water partition coefficient (Wildman–Crippen LogP) is 1.96. The van der Waals surface area contributed by atoms with Gasteiger partial charge in [-0.25, -0.2) is 18.6 Å². The van der Waals surface area contributed by atoms with Gasteiger partial charge < -0.3 is 9.88 Å². The molecule has 2 fully saturated rings. The Hall–Kier alpha value is -2.55. The number of nitrogens with zero attached hydrogens (tertiary/aromatic N) is 3. The van der Waals surface area contributed by atoms with Crippen LogP contribution in [0.25, 0.3) is 11.0 Å². The summed E-state index contributed by atoms with van der Waals surface area (Å²) in [7, 11) is 0. The highest BCUT2D eigenvalue weighted by Gasteiger charge is 2.43. The van der Waals surface area contributed by atoms with Crippen molar-refractivity contribution in [2.24, 2.45) is 0 Å². The molecule has 2 N–H and O–H groups in total. The van der Waals surface area contributed by atoms with Gasteiger partial charge >= 0.3 is 6.03 Å². The largest absolute Gasteiger partial charge is 0.328 e. The SMILES string of the molecule is Cc1cn(C2CCNCC2(F)F)c2ncc(N3CCC(=O)NC3=O)cc12. The minimum absolute atomic E-state index is 0.213. The third-order valence-electron chi connectivity index (χ3n) is 5.00. The van der Waals surface area contributed by atoms with Gasteiger partial charge in [0, 0.05) is 24.5 Å². The summed E-state index contributed by atoms with van der Waals surface area (Å²) in [6.45, 7) is 2.28. The second kappa shape index (κ2) is 6.01. The van der Waals surface area contributed by atoms with Crippen molar-refractivity contribution >= 4 is 28.7 Å². The van der Waals surface area contributed by atoms with Gasteiger partial charge in [0.05, 0.1) is 18.4 Å². The molecule has 2 saturated heterocycles. The van der Waals surface area contributed by atoms with Crippen LogP contribution in [0.3, 0.4) is 0 Å². The van der Waals surface area contributed by atoms with E-state index in [1.807, 2.05) is 6.92 Å². The molecule has 0 saturated carbocycles. The van der Waals surface area contributed by atoms with Gasteiger partial charge in [0.15, 0.2) is 0 Å². The number of nitrogens with one attached hydrogen (secondary N) is 2. The van der Waals surface area contributed by atoms with Crippen LogP contribution in [0.1, 0.15) is 24.4 Å². The highest BCUT2D eigenvalue weighted by atomic mass is 19.3. The maximum absolute atomic E-state index is 14.3. The molecule has 0 bridgehead atoms. The van der Waals surface area contributed by atoms with E-state index in [1.165, 1.54) is 11.1 Å². The second-order valence-corrected chi connectivity index (χ2v) is 6.78. The summed E-state index contributed by atoms with van der Waals surface area (Å²) in [5.41, 5.74) is 1.84. The number of urea groups is 1. The molecule has 4 heterocycles. The summed E-state index contributed by atoms with van der Waals surface area (Å²) < 4.78 is 30.2. The van der Waals surface area contributed by atoms with E-state index in [2.05, 4.69) is 15.6 Å². The molecule has 2 aliphatic heterocycles. The molecule has 0 aliphatic carbocycles. The fraction of sp³-hybridized carbons (Fsp3) is 0.471. The van der Waals surface area contributed by atoms with Crippen molar-refractivity contribution in [2.75, 3.05) is 24.5 Å². The Bertz CT molecular complexity index is 895. The Kier molecular flexibility index (Phi) is 3.91. The van der Waals surface area contributed by atoms with Crippen molar-refractivity contribution in [3.63, 3.8) is 0 Å². The predicted molar refractivity (Wildman–Crippen MR) is 91.4 cm³/mol. The molecule has 0 radical (unpaired) electrons. The van der Waals surface area contributed by atoms with E-state index < -0.39 is 18.0 Å². The zero-order valence-corrected chi connectivity index (χ0v) is 14.3. The van der Waals surface area contributed by atoms with Crippen LogP contribution in [0.15, 0.2) is 18.5 Å². The van der Waals surface area contributed by atoms with Crippen molar-refractivity contribution in [3.05, 3.63) is 24.0 Å². The number of imide groups is 1. The molecule has 2 aliphatic rings. The normalized spacial score (nSPS) is 23.3. The molecular weight excluding hydrogens is 344 g/mol. The van der Waals surface area contributed by atoms with Gasteiger partial charge in [-0.15, -0.1) is 0 Å². The Morgan fingerprint density at radius 3 is 2.88 bits per heavy atom. The summed E-state index contributed by atoms with van der Waals surface area (Å²) in [6.07, 6.45) is 3.72. The number of aromatic nitrogens is 2. The number of carbonyl (C=O) groups excluding carboxylic acids is 2. The minimum Gasteiger partial charge on any atom is -0.323 e. The number of carbonyl (C=O) groups is 2. The fourth-order valence-corrected chi connectivity index (χ4v) is 3.64. The molecule has 2 aromatic heterocycles. The van der Waals surface area contributed by atoms with Crippen LogP contribution in [0, 0.1) is 6.92 Å². The van der Waals surface area contributed by atoms with E-state index >= 15 is 0 Å². The van der Waals surface area contributed by atoms with E-state index in [-0.39, 0.29) is 25.4 Å². The summed E-state index contributed by atoms with van der Waals surface area (Å²) in [5, 5.41) is 5.72. The Balaban J connectivity index is 1.73. The van der Waals surface area contributed by atoms with Crippen LogP contribution < -0.4 is 15.5 Å². The molecule has 0 aromatic carbocycles. The molecule has 9 heteroatoms. The number of hydrogen-bond donors (Lipinski definition) is 2. The standard InChI is InChI=1S/C17H19F2N5O2/c1-10-8-24(13-2-4-20-9-17(13,18)19)15-12(10)6-11(7-21-15)23-5-3-14(25)22-16(23)26/h6-8,13,20H,2-5,9H2,1H3,(H,22,25,26). The molecular formula is C17H19F2N5O2. The molecule has 1 unspecified atom stereocenters. The number of alkyl halides is 2. The van der Waals surface area contributed by atoms with Gasteiger partial charge in [0.2, 0.25) is 5.91 Å². The number of amides is 3. The molecule has 1 atom stereocenters. The molecule has 0 spiro atoms. The molecule has 4 rings (SSSR count). The van der Waals surface area contributed by atoms with E-state index in [0.29, 0.717) is 24.3 Å². The lowest BCUT2D eigenvalue weighted by molar-refractivity contribution is -0.120. The molecule has 26 heavy (non-hydrogen) atoms. The number of anilines is 1. The van der Waals surface area contributed by atoms with Gasteiger partial charge in [-0.05, 0) is 31.5 Å². The molecule has 138 valence electrons. The first-order valence-corrected chi connectivity index (χ1v) is 8.54. The molecule has 3 amide bonds. The minimum atomic E-state index is -2.86. The number of piperidine rings is 1. The lowest BCUT2D eigenvalue weighted by atomic mass is 10.0. The monoisotopic (exact) mass is 363 g/mol. The van der Waals surface area contributed by atoms with Crippen molar-refractivity contribution in [1.29, 1.82) is 0 Å². The smallest absolute Gasteiger partial charge is 0.323 e. The van der Waals surface area contributed by atoms with Gasteiger partial charge in [-0.2, -0.15) is 0 Å². The highest BCUT2D eigenvalue weighted by Crippen LogP contribution is 2.37. The first kappa shape index (κ1) is 16.9. The summed E-state index contributed by atoms with van der Waals surface area (Å²) in [5.74, 6) is -3.17. The quantitative estimate of drug-likeness (QED) is 0.855. The van der Waals surface area contributed by atoms with Gasteiger partial charge in [-0.1, -0.05) is 0 Å². The Morgan fingerprint density at radius 2 is 2.15 bits per heavy atom. The molecule has 7 nitrogen and oxygen atoms in total. The third kappa shape index (κ3) is 2.72. The lowest BCUT2D eigenvalue weighted by Crippen LogP contribution is -2.49. The number of halogens is 2. The topological polar surface area (TPSA) is 79.3 Å². The number of fused-ring (bicyclic) bond motifs is 1. The van der Waals surface area contributed by atoms with Crippen LogP contribution in [-0.4, -0.2) is 47.0 Å². The van der Waals surface area contributed by atoms with E-state index in [1.54, 1.807) is 16.8 Å². The van der Waals surface area contributed by atoms with Crippen LogP contribution in [0.2, 0.25) is 0 Å². The Labute approximate surface area is 148 Å². The van der Waals surface area contributed by atoms with Crippen molar-refractivity contribution in [3.8, 4) is 0 Å². The van der Waals surface area contributed by atoms with Crippen LogP contribution in [0.5, 0.6) is 0 Å². The average Bonchev–Trinajstić information content (AvgIpc) is 2.90. The van der Waals surface area contributed by atoms with E-state index in [4.69, 9.17) is 0 Å². The summed E-state index contributed by atoms with van der Waals surface area (Å²) in [4.78, 5) is 29.1. The third-order valence-corrected chi connectivity index (χ3v) is 5.00. The summed E-state index contributed by atoms with van der Waals surface area (Å²) in [6, 6.07) is 0.321. The van der Waals surface area contributed by atoms with Crippen molar-refractivity contribution in [1.82, 2.24) is 20.2 Å². The lowest BCUT2D eigenvalue weighted by Gasteiger charge is -2.33. The average molecular weight is 363 g/mol. The maximum Gasteiger partial charge on any atom is 0.328 e. The maximum atomic E-state index is 14.3. The summed E-state index contributed by atoms with van der Waals surface area (Å²) >= 11 is 0. The van der Waals surface area contributed by atoms with E-state index in [9.17, 15) is 18.4 Å². The second-order valence-electron chi connectivity index (χ2n) is 6.78. The zero-order valence-electron chi connectivity index (χ0n) is 14.3. The fourth-order valence-electron chi connectivity index (χ4n) is 3.64. The molecule has 2 aromatic rings.